The van der Waals surface area contributed by atoms with Gasteiger partial charge in [-0.25, -0.2) is 4.79 Å². The molecule has 1 aromatic heterocycles. The van der Waals surface area contributed by atoms with E-state index in [0.717, 1.165) is 66.2 Å². The molecule has 4 aliphatic rings. The molecule has 0 aliphatic carbocycles. The molecule has 3 saturated heterocycles. The zero-order chi connectivity index (χ0) is 24.0. The number of hydrogen-bond acceptors (Lipinski definition) is 6. The van der Waals surface area contributed by atoms with Gasteiger partial charge in [-0.3, -0.25) is 4.90 Å². The predicted molar refractivity (Wildman–Crippen MR) is 132 cm³/mol. The summed E-state index contributed by atoms with van der Waals surface area (Å²) in [6.07, 6.45) is 3.46. The van der Waals surface area contributed by atoms with E-state index in [1.54, 1.807) is 6.26 Å². The maximum Gasteiger partial charge on any atom is 0.407 e. The average Bonchev–Trinajstić information content (AvgIpc) is 3.42. The minimum Gasteiger partial charge on any atom is -0.493 e. The standard InChI is InChI=1S/C28H31N3O4/c1-28(2)17-33-24-15-21(18-3-5-19(6-4-18)23-11-14-34-30-23)7-8-22(24)26(28)29-27(32)35-25-16-31-12-9-20(25)10-13-31/h3-8,11,14-15,20,25-26H,9-10,12-13,16-17H2,1-2H3,(H,29,32)/t25-,26?/m0/s1. The fourth-order valence-corrected chi connectivity index (χ4v) is 5.65. The monoisotopic (exact) mass is 473 g/mol. The van der Waals surface area contributed by atoms with E-state index < -0.39 is 0 Å². The van der Waals surface area contributed by atoms with Gasteiger partial charge in [0.1, 0.15) is 23.8 Å². The van der Waals surface area contributed by atoms with Crippen LogP contribution in [0.25, 0.3) is 22.4 Å². The molecule has 182 valence electrons. The summed E-state index contributed by atoms with van der Waals surface area (Å²) in [5.41, 5.74) is 4.68. The molecule has 5 heterocycles. The number of carbonyl (C=O) groups is 1. The molecule has 7 nitrogen and oxygen atoms in total. The van der Waals surface area contributed by atoms with Crippen molar-refractivity contribution in [2.45, 2.75) is 38.8 Å². The number of hydrogen-bond donors (Lipinski definition) is 1. The average molecular weight is 474 g/mol. The number of nitrogens with one attached hydrogen (secondary N) is 1. The fraction of sp³-hybridized carbons (Fsp3) is 0.429. The number of aromatic nitrogens is 1. The SMILES string of the molecule is CC1(C)COc2cc(-c3ccc(-c4ccon4)cc3)ccc2C1NC(=O)O[C@H]1CN2CCC1CC2. The van der Waals surface area contributed by atoms with Crippen molar-refractivity contribution in [3.8, 4) is 28.1 Å². The van der Waals surface area contributed by atoms with E-state index in [2.05, 4.69) is 59.6 Å². The zero-order valence-electron chi connectivity index (χ0n) is 20.2. The van der Waals surface area contributed by atoms with Gasteiger partial charge in [-0.15, -0.1) is 0 Å². The van der Waals surface area contributed by atoms with Crippen LogP contribution in [0.3, 0.4) is 0 Å². The minimum atomic E-state index is -0.331. The van der Waals surface area contributed by atoms with Gasteiger partial charge >= 0.3 is 6.09 Å². The lowest BCUT2D eigenvalue weighted by molar-refractivity contribution is -0.0361. The normalized spacial score (nSPS) is 26.5. The molecule has 1 amide bonds. The fourth-order valence-electron chi connectivity index (χ4n) is 5.65. The van der Waals surface area contributed by atoms with Crippen molar-refractivity contribution in [3.63, 3.8) is 0 Å². The van der Waals surface area contributed by atoms with Crippen molar-refractivity contribution in [1.82, 2.24) is 15.4 Å². The van der Waals surface area contributed by atoms with E-state index in [1.165, 1.54) is 0 Å². The Kier molecular flexibility index (Phi) is 5.52. The van der Waals surface area contributed by atoms with Gasteiger partial charge in [0.2, 0.25) is 0 Å². The van der Waals surface area contributed by atoms with Crippen LogP contribution in [0.1, 0.15) is 38.3 Å². The molecule has 7 rings (SSSR count). The third-order valence-electron chi connectivity index (χ3n) is 7.77. The van der Waals surface area contributed by atoms with E-state index >= 15 is 0 Å². The van der Waals surface area contributed by atoms with E-state index in [9.17, 15) is 4.79 Å². The van der Waals surface area contributed by atoms with Crippen molar-refractivity contribution < 1.29 is 18.8 Å². The molecule has 35 heavy (non-hydrogen) atoms. The molecule has 4 aliphatic heterocycles. The highest BCUT2D eigenvalue weighted by Gasteiger charge is 2.41. The van der Waals surface area contributed by atoms with Crippen molar-refractivity contribution >= 4 is 6.09 Å². The van der Waals surface area contributed by atoms with Crippen LogP contribution in [0.4, 0.5) is 4.79 Å². The molecule has 7 heteroatoms. The molecule has 0 spiro atoms. The Bertz CT molecular complexity index is 1200. The lowest BCUT2D eigenvalue weighted by Crippen LogP contribution is -2.53. The Hall–Kier alpha value is -3.32. The molecular weight excluding hydrogens is 442 g/mol. The van der Waals surface area contributed by atoms with Crippen molar-refractivity contribution in [2.24, 2.45) is 11.3 Å². The molecular formula is C28H31N3O4. The Morgan fingerprint density at radius 1 is 1.06 bits per heavy atom. The van der Waals surface area contributed by atoms with Crippen LogP contribution in [0, 0.1) is 11.3 Å². The molecule has 1 unspecified atom stereocenters. The van der Waals surface area contributed by atoms with E-state index in [-0.39, 0.29) is 23.7 Å². The van der Waals surface area contributed by atoms with E-state index in [1.807, 2.05) is 18.2 Å². The molecule has 1 N–H and O–H groups in total. The Morgan fingerprint density at radius 2 is 1.80 bits per heavy atom. The number of carbonyl (C=O) groups excluding carboxylic acids is 1. The molecule has 2 atom stereocenters. The van der Waals surface area contributed by atoms with Crippen molar-refractivity contribution in [2.75, 3.05) is 26.2 Å². The second-order valence-electron chi connectivity index (χ2n) is 10.7. The van der Waals surface area contributed by atoms with Crippen LogP contribution in [0.5, 0.6) is 5.75 Å². The zero-order valence-corrected chi connectivity index (χ0v) is 20.2. The number of piperidine rings is 3. The highest BCUT2D eigenvalue weighted by Crippen LogP contribution is 2.44. The maximum absolute atomic E-state index is 13.0. The third-order valence-corrected chi connectivity index (χ3v) is 7.77. The smallest absolute Gasteiger partial charge is 0.407 e. The van der Waals surface area contributed by atoms with Gasteiger partial charge in [-0.1, -0.05) is 55.4 Å². The van der Waals surface area contributed by atoms with Crippen LogP contribution in [-0.2, 0) is 4.74 Å². The number of nitrogens with zero attached hydrogens (tertiary/aromatic N) is 2. The van der Waals surface area contributed by atoms with Crippen LogP contribution in [0.15, 0.2) is 59.3 Å². The first-order chi connectivity index (χ1) is 17.0. The van der Waals surface area contributed by atoms with Gasteiger partial charge in [0.15, 0.2) is 0 Å². The Labute approximate surface area is 205 Å². The number of rotatable bonds is 4. The van der Waals surface area contributed by atoms with Crippen LogP contribution >= 0.6 is 0 Å². The predicted octanol–water partition coefficient (Wildman–Crippen LogP) is 5.29. The van der Waals surface area contributed by atoms with Crippen molar-refractivity contribution in [3.05, 3.63) is 60.4 Å². The first kappa shape index (κ1) is 22.2. The molecule has 0 saturated carbocycles. The minimum absolute atomic E-state index is 0.0116. The van der Waals surface area contributed by atoms with Gasteiger partial charge in [-0.2, -0.15) is 0 Å². The van der Waals surface area contributed by atoms with Crippen LogP contribution < -0.4 is 10.1 Å². The highest BCUT2D eigenvalue weighted by molar-refractivity contribution is 5.72. The highest BCUT2D eigenvalue weighted by atomic mass is 16.6. The third kappa shape index (κ3) is 4.29. The van der Waals surface area contributed by atoms with Gasteiger partial charge in [-0.05, 0) is 49.0 Å². The molecule has 2 aromatic carbocycles. The summed E-state index contributed by atoms with van der Waals surface area (Å²) in [5, 5.41) is 7.18. The van der Waals surface area contributed by atoms with Gasteiger partial charge in [0, 0.05) is 29.2 Å². The Morgan fingerprint density at radius 3 is 2.49 bits per heavy atom. The van der Waals surface area contributed by atoms with Gasteiger partial charge in [0.05, 0.1) is 12.6 Å². The van der Waals surface area contributed by atoms with Gasteiger partial charge < -0.3 is 19.3 Å². The van der Waals surface area contributed by atoms with Crippen LogP contribution in [0.2, 0.25) is 0 Å². The summed E-state index contributed by atoms with van der Waals surface area (Å²) in [4.78, 5) is 15.4. The van der Waals surface area contributed by atoms with E-state index in [4.69, 9.17) is 14.0 Å². The van der Waals surface area contributed by atoms with E-state index in [0.29, 0.717) is 12.5 Å². The lowest BCUT2D eigenvalue weighted by Gasteiger charge is -2.44. The summed E-state index contributed by atoms with van der Waals surface area (Å²) in [6, 6.07) is 16.1. The summed E-state index contributed by atoms with van der Waals surface area (Å²) in [6.45, 7) is 7.84. The number of fused-ring (bicyclic) bond motifs is 4. The molecule has 0 radical (unpaired) electrons. The largest absolute Gasteiger partial charge is 0.493 e. The number of ether oxygens (including phenoxy) is 2. The number of benzene rings is 2. The lowest BCUT2D eigenvalue weighted by atomic mass is 9.78. The first-order valence-electron chi connectivity index (χ1n) is 12.4. The molecule has 3 fully saturated rings. The number of amides is 1. The summed E-state index contributed by atoms with van der Waals surface area (Å²) < 4.78 is 17.0. The summed E-state index contributed by atoms with van der Waals surface area (Å²) in [7, 11) is 0. The first-order valence-corrected chi connectivity index (χ1v) is 12.4. The summed E-state index contributed by atoms with van der Waals surface area (Å²) >= 11 is 0. The number of alkyl carbamates (subject to hydrolysis) is 1. The Balaban J connectivity index is 1.20. The second-order valence-corrected chi connectivity index (χ2v) is 10.7. The molecule has 2 bridgehead atoms. The second kappa shape index (κ2) is 8.72. The maximum atomic E-state index is 13.0. The summed E-state index contributed by atoms with van der Waals surface area (Å²) in [5.74, 6) is 1.29. The topological polar surface area (TPSA) is 76.8 Å². The van der Waals surface area contributed by atoms with Gasteiger partial charge in [0.25, 0.3) is 0 Å². The van der Waals surface area contributed by atoms with Crippen molar-refractivity contribution in [1.29, 1.82) is 0 Å². The van der Waals surface area contributed by atoms with Crippen LogP contribution in [-0.4, -0.2) is 48.5 Å². The molecule has 3 aromatic rings. The quantitative estimate of drug-likeness (QED) is 0.555.